The van der Waals surface area contributed by atoms with Crippen molar-refractivity contribution in [2.45, 2.75) is 33.2 Å². The van der Waals surface area contributed by atoms with Gasteiger partial charge in [0.25, 0.3) is 5.91 Å². The molecule has 0 fully saturated rings. The number of nitrogens with zero attached hydrogens (tertiary/aromatic N) is 3. The minimum atomic E-state index is -0.202. The van der Waals surface area contributed by atoms with Crippen LogP contribution in [0.25, 0.3) is 0 Å². The molecule has 1 amide bonds. The molecule has 6 heteroatoms. The Balaban J connectivity index is 2.03. The molecule has 2 rings (SSSR count). The number of carbonyl (C=O) groups is 1. The van der Waals surface area contributed by atoms with Crippen LogP contribution < -0.4 is 15.0 Å². The Kier molecular flexibility index (Phi) is 6.74. The summed E-state index contributed by atoms with van der Waals surface area (Å²) in [7, 11) is 3.61. The van der Waals surface area contributed by atoms with E-state index in [9.17, 15) is 4.79 Å². The van der Waals surface area contributed by atoms with E-state index in [2.05, 4.69) is 27.1 Å². The molecule has 0 radical (unpaired) electrons. The first kappa shape index (κ1) is 18.7. The van der Waals surface area contributed by atoms with Crippen LogP contribution in [0.2, 0.25) is 0 Å². The molecule has 1 N–H and O–H groups in total. The Morgan fingerprint density at radius 2 is 1.96 bits per heavy atom. The highest BCUT2D eigenvalue weighted by molar-refractivity contribution is 5.92. The summed E-state index contributed by atoms with van der Waals surface area (Å²) in [4.78, 5) is 23.2. The summed E-state index contributed by atoms with van der Waals surface area (Å²) in [6, 6.07) is 9.34. The van der Waals surface area contributed by atoms with E-state index in [4.69, 9.17) is 4.74 Å². The van der Waals surface area contributed by atoms with Gasteiger partial charge in [-0.25, -0.2) is 9.97 Å². The Bertz CT molecular complexity index is 701. The van der Waals surface area contributed by atoms with E-state index in [0.717, 1.165) is 36.5 Å². The summed E-state index contributed by atoms with van der Waals surface area (Å²) in [5.74, 6) is 1.96. The maximum Gasteiger partial charge on any atom is 0.270 e. The lowest BCUT2D eigenvalue weighted by atomic mass is 10.2. The van der Waals surface area contributed by atoms with Crippen LogP contribution in [-0.4, -0.2) is 36.6 Å². The number of amides is 1. The first-order chi connectivity index (χ1) is 12.0. The quantitative estimate of drug-likeness (QED) is 0.799. The second-order valence-corrected chi connectivity index (χ2v) is 5.96. The summed E-state index contributed by atoms with van der Waals surface area (Å²) in [6.45, 7) is 5.29. The molecular weight excluding hydrogens is 316 g/mol. The van der Waals surface area contributed by atoms with Gasteiger partial charge in [0.1, 0.15) is 23.1 Å². The Hall–Kier alpha value is -2.63. The molecule has 0 bridgehead atoms. The third-order valence-corrected chi connectivity index (χ3v) is 3.91. The number of nitrogens with one attached hydrogen (secondary N) is 1. The van der Waals surface area contributed by atoms with Crippen molar-refractivity contribution in [2.24, 2.45) is 0 Å². The predicted octanol–water partition coefficient (Wildman–Crippen LogP) is 2.96. The van der Waals surface area contributed by atoms with E-state index in [1.165, 1.54) is 0 Å². The smallest absolute Gasteiger partial charge is 0.270 e. The van der Waals surface area contributed by atoms with Crippen LogP contribution >= 0.6 is 0 Å². The van der Waals surface area contributed by atoms with Gasteiger partial charge in [0.05, 0.1) is 7.11 Å². The summed E-state index contributed by atoms with van der Waals surface area (Å²) in [5.41, 5.74) is 1.39. The Morgan fingerprint density at radius 1 is 1.24 bits per heavy atom. The average molecular weight is 342 g/mol. The van der Waals surface area contributed by atoms with Crippen LogP contribution in [0, 0.1) is 6.92 Å². The third kappa shape index (κ3) is 5.45. The molecule has 2 aromatic rings. The van der Waals surface area contributed by atoms with Crippen LogP contribution in [-0.2, 0) is 6.54 Å². The van der Waals surface area contributed by atoms with E-state index in [1.807, 2.05) is 31.3 Å². The molecule has 6 nitrogen and oxygen atoms in total. The molecule has 1 heterocycles. The first-order valence-electron chi connectivity index (χ1n) is 8.51. The van der Waals surface area contributed by atoms with Crippen LogP contribution in [0.5, 0.6) is 5.75 Å². The molecular formula is C19H26N4O2. The molecule has 0 aliphatic carbocycles. The number of unbranched alkanes of at least 4 members (excludes halogenated alkanes) is 1. The molecule has 0 atom stereocenters. The molecule has 0 saturated heterocycles. The Morgan fingerprint density at radius 3 is 2.60 bits per heavy atom. The van der Waals surface area contributed by atoms with E-state index >= 15 is 0 Å². The van der Waals surface area contributed by atoms with Crippen LogP contribution in [0.1, 0.15) is 41.6 Å². The summed E-state index contributed by atoms with van der Waals surface area (Å²) in [6.07, 6.45) is 2.20. The van der Waals surface area contributed by atoms with Gasteiger partial charge in [-0.1, -0.05) is 25.5 Å². The number of benzene rings is 1. The normalized spacial score (nSPS) is 10.4. The van der Waals surface area contributed by atoms with Gasteiger partial charge in [0.2, 0.25) is 0 Å². The number of aryl methyl sites for hydroxylation is 1. The van der Waals surface area contributed by atoms with Gasteiger partial charge < -0.3 is 15.0 Å². The highest BCUT2D eigenvalue weighted by atomic mass is 16.5. The molecule has 1 aromatic heterocycles. The minimum absolute atomic E-state index is 0.202. The number of ether oxygens (including phenoxy) is 1. The van der Waals surface area contributed by atoms with Gasteiger partial charge in [-0.2, -0.15) is 0 Å². The fraction of sp³-hybridized carbons (Fsp3) is 0.421. The van der Waals surface area contributed by atoms with Crippen molar-refractivity contribution < 1.29 is 9.53 Å². The second-order valence-electron chi connectivity index (χ2n) is 5.96. The van der Waals surface area contributed by atoms with E-state index in [0.29, 0.717) is 18.1 Å². The summed E-state index contributed by atoms with van der Waals surface area (Å²) < 4.78 is 5.13. The highest BCUT2D eigenvalue weighted by Gasteiger charge is 2.12. The monoisotopic (exact) mass is 342 g/mol. The zero-order valence-electron chi connectivity index (χ0n) is 15.4. The zero-order valence-corrected chi connectivity index (χ0v) is 15.4. The lowest BCUT2D eigenvalue weighted by Gasteiger charge is -2.18. The van der Waals surface area contributed by atoms with Crippen LogP contribution in [0.4, 0.5) is 5.82 Å². The minimum Gasteiger partial charge on any atom is -0.497 e. The summed E-state index contributed by atoms with van der Waals surface area (Å²) in [5, 5.41) is 2.90. The van der Waals surface area contributed by atoms with Crippen molar-refractivity contribution in [1.29, 1.82) is 0 Å². The average Bonchev–Trinajstić information content (AvgIpc) is 2.64. The van der Waals surface area contributed by atoms with Crippen molar-refractivity contribution in [3.63, 3.8) is 0 Å². The second kappa shape index (κ2) is 9.01. The van der Waals surface area contributed by atoms with E-state index < -0.39 is 0 Å². The van der Waals surface area contributed by atoms with Crippen molar-refractivity contribution in [1.82, 2.24) is 15.3 Å². The van der Waals surface area contributed by atoms with Gasteiger partial charge in [0, 0.05) is 26.2 Å². The van der Waals surface area contributed by atoms with Crippen LogP contribution in [0.3, 0.4) is 0 Å². The van der Waals surface area contributed by atoms with Crippen molar-refractivity contribution in [3.05, 3.63) is 47.4 Å². The van der Waals surface area contributed by atoms with Crippen LogP contribution in [0.15, 0.2) is 30.3 Å². The molecule has 1 aromatic carbocycles. The number of anilines is 1. The largest absolute Gasteiger partial charge is 0.497 e. The number of rotatable bonds is 8. The number of aromatic nitrogens is 2. The van der Waals surface area contributed by atoms with Crippen molar-refractivity contribution in [2.75, 3.05) is 25.6 Å². The lowest BCUT2D eigenvalue weighted by molar-refractivity contribution is 0.0945. The molecule has 25 heavy (non-hydrogen) atoms. The SMILES string of the molecule is CCCCN(C)c1cc(C(=O)NCc2ccc(OC)cc2)nc(C)n1. The fourth-order valence-electron chi connectivity index (χ4n) is 2.39. The van der Waals surface area contributed by atoms with Crippen molar-refractivity contribution >= 4 is 11.7 Å². The van der Waals surface area contributed by atoms with Gasteiger partial charge in [-0.15, -0.1) is 0 Å². The van der Waals surface area contributed by atoms with Gasteiger partial charge >= 0.3 is 0 Å². The van der Waals surface area contributed by atoms with Crippen molar-refractivity contribution in [3.8, 4) is 5.75 Å². The zero-order chi connectivity index (χ0) is 18.2. The number of carbonyl (C=O) groups excluding carboxylic acids is 1. The number of hydrogen-bond acceptors (Lipinski definition) is 5. The molecule has 0 aliphatic rings. The molecule has 0 saturated carbocycles. The number of hydrogen-bond donors (Lipinski definition) is 1. The standard InChI is InChI=1S/C19H26N4O2/c1-5-6-11-23(3)18-12-17(21-14(2)22-18)19(24)20-13-15-7-9-16(25-4)10-8-15/h7-10,12H,5-6,11,13H2,1-4H3,(H,20,24). The molecule has 134 valence electrons. The first-order valence-corrected chi connectivity index (χ1v) is 8.51. The molecule has 0 spiro atoms. The maximum atomic E-state index is 12.4. The predicted molar refractivity (Wildman–Crippen MR) is 99.1 cm³/mol. The topological polar surface area (TPSA) is 67.4 Å². The fourth-order valence-corrected chi connectivity index (χ4v) is 2.39. The Labute approximate surface area is 149 Å². The number of methoxy groups -OCH3 is 1. The molecule has 0 unspecified atom stereocenters. The maximum absolute atomic E-state index is 12.4. The van der Waals surface area contributed by atoms with Gasteiger partial charge in [0.15, 0.2) is 0 Å². The summed E-state index contributed by atoms with van der Waals surface area (Å²) >= 11 is 0. The molecule has 0 aliphatic heterocycles. The third-order valence-electron chi connectivity index (χ3n) is 3.91. The highest BCUT2D eigenvalue weighted by Crippen LogP contribution is 2.13. The van der Waals surface area contributed by atoms with E-state index in [-0.39, 0.29) is 5.91 Å². The lowest BCUT2D eigenvalue weighted by Crippen LogP contribution is -2.26. The van der Waals surface area contributed by atoms with Gasteiger partial charge in [-0.3, -0.25) is 4.79 Å². The van der Waals surface area contributed by atoms with E-state index in [1.54, 1.807) is 20.1 Å². The van der Waals surface area contributed by atoms with Gasteiger partial charge in [-0.05, 0) is 31.0 Å².